The van der Waals surface area contributed by atoms with E-state index in [1.165, 1.54) is 19.3 Å². The second-order valence-electron chi connectivity index (χ2n) is 9.93. The Hall–Kier alpha value is -2.89. The quantitative estimate of drug-likeness (QED) is 0.650. The number of nitrogens with one attached hydrogen (secondary N) is 2. The van der Waals surface area contributed by atoms with E-state index in [0.29, 0.717) is 13.2 Å². The molecule has 6 nitrogen and oxygen atoms in total. The fourth-order valence-corrected chi connectivity index (χ4v) is 6.37. The van der Waals surface area contributed by atoms with Gasteiger partial charge in [0, 0.05) is 42.0 Å². The monoisotopic (exact) mass is 433 g/mol. The normalized spacial score (nSPS) is 27.7. The van der Waals surface area contributed by atoms with Gasteiger partial charge in [-0.05, 0) is 86.6 Å². The summed E-state index contributed by atoms with van der Waals surface area (Å²) in [5.74, 6) is 3.04. The molecule has 6 rings (SSSR count). The minimum absolute atomic E-state index is 0.0974. The number of hydrogen-bond acceptors (Lipinski definition) is 4. The molecule has 32 heavy (non-hydrogen) atoms. The van der Waals surface area contributed by atoms with Gasteiger partial charge >= 0.3 is 0 Å². The standard InChI is InChI=1S/C26H31N3O3/c30-24(29-22-3-5-23(6-4-22)32-17-18-2-1-8-27-16-18)7-9-28-25(31)26-13-19-10-20(14-26)12-21(11-19)15-26/h1-6,8,16,19-21H,7,9-15,17H2,(H,28,31)(H,29,30). The highest BCUT2D eigenvalue weighted by Crippen LogP contribution is 2.60. The van der Waals surface area contributed by atoms with Crippen molar-refractivity contribution in [2.45, 2.75) is 51.6 Å². The number of rotatable bonds is 8. The minimum Gasteiger partial charge on any atom is -0.489 e. The zero-order chi connectivity index (χ0) is 22.0. The molecule has 1 aromatic carbocycles. The molecule has 4 aliphatic rings. The molecule has 4 bridgehead atoms. The molecule has 2 N–H and O–H groups in total. The third-order valence-electron chi connectivity index (χ3n) is 7.42. The SMILES string of the molecule is O=C(CCNC(=O)C12CC3CC(CC(C3)C1)C2)Nc1ccc(OCc2cccnc2)cc1. The van der Waals surface area contributed by atoms with E-state index in [9.17, 15) is 9.59 Å². The second kappa shape index (κ2) is 8.93. The number of pyridine rings is 1. The summed E-state index contributed by atoms with van der Waals surface area (Å²) in [6, 6.07) is 11.2. The molecule has 1 heterocycles. The number of ether oxygens (including phenoxy) is 1. The van der Waals surface area contributed by atoms with Crippen LogP contribution < -0.4 is 15.4 Å². The van der Waals surface area contributed by atoms with Crippen LogP contribution in [-0.4, -0.2) is 23.3 Å². The van der Waals surface area contributed by atoms with Gasteiger partial charge in [-0.3, -0.25) is 14.6 Å². The van der Waals surface area contributed by atoms with Crippen LogP contribution in [0.15, 0.2) is 48.8 Å². The third kappa shape index (κ3) is 4.64. The summed E-state index contributed by atoms with van der Waals surface area (Å²) in [7, 11) is 0. The van der Waals surface area contributed by atoms with Crippen LogP contribution in [0.3, 0.4) is 0 Å². The number of nitrogens with zero attached hydrogens (tertiary/aromatic N) is 1. The van der Waals surface area contributed by atoms with Gasteiger partial charge in [0.1, 0.15) is 12.4 Å². The largest absolute Gasteiger partial charge is 0.489 e. The number of anilines is 1. The number of carbonyl (C=O) groups excluding carboxylic acids is 2. The highest BCUT2D eigenvalue weighted by Gasteiger charge is 2.54. The summed E-state index contributed by atoms with van der Waals surface area (Å²) < 4.78 is 5.74. The Bertz CT molecular complexity index is 923. The first-order chi connectivity index (χ1) is 15.6. The van der Waals surface area contributed by atoms with Gasteiger partial charge < -0.3 is 15.4 Å². The van der Waals surface area contributed by atoms with Crippen molar-refractivity contribution in [2.24, 2.45) is 23.2 Å². The summed E-state index contributed by atoms with van der Waals surface area (Å²) in [5, 5.41) is 5.97. The number of aromatic nitrogens is 1. The van der Waals surface area contributed by atoms with Crippen LogP contribution >= 0.6 is 0 Å². The molecule has 168 valence electrons. The van der Waals surface area contributed by atoms with Crippen LogP contribution in [0.1, 0.15) is 50.5 Å². The summed E-state index contributed by atoms with van der Waals surface area (Å²) in [4.78, 5) is 29.4. The topological polar surface area (TPSA) is 80.3 Å². The van der Waals surface area contributed by atoms with Gasteiger partial charge in [-0.15, -0.1) is 0 Å². The minimum atomic E-state index is -0.156. The molecule has 4 fully saturated rings. The summed E-state index contributed by atoms with van der Waals surface area (Å²) in [5.41, 5.74) is 1.56. The van der Waals surface area contributed by atoms with E-state index in [1.807, 2.05) is 36.4 Å². The molecule has 4 aliphatic carbocycles. The van der Waals surface area contributed by atoms with Gasteiger partial charge in [0.05, 0.1) is 0 Å². The van der Waals surface area contributed by atoms with Gasteiger partial charge in [0.25, 0.3) is 0 Å². The van der Waals surface area contributed by atoms with Crippen molar-refractivity contribution in [3.05, 3.63) is 54.4 Å². The van der Waals surface area contributed by atoms with Crippen molar-refractivity contribution >= 4 is 17.5 Å². The first-order valence-corrected chi connectivity index (χ1v) is 11.8. The predicted octanol–water partition coefficient (Wildman–Crippen LogP) is 4.32. The van der Waals surface area contributed by atoms with Crippen molar-refractivity contribution in [3.63, 3.8) is 0 Å². The molecule has 1 aromatic heterocycles. The highest BCUT2D eigenvalue weighted by atomic mass is 16.5. The number of amides is 2. The lowest BCUT2D eigenvalue weighted by molar-refractivity contribution is -0.146. The summed E-state index contributed by atoms with van der Waals surface area (Å²) >= 11 is 0. The second-order valence-corrected chi connectivity index (χ2v) is 9.93. The third-order valence-corrected chi connectivity index (χ3v) is 7.42. The van der Waals surface area contributed by atoms with Crippen LogP contribution in [-0.2, 0) is 16.2 Å². The van der Waals surface area contributed by atoms with E-state index in [-0.39, 0.29) is 23.7 Å². The Kier molecular flexibility index (Phi) is 5.85. The molecule has 2 amide bonds. The van der Waals surface area contributed by atoms with Crippen LogP contribution in [0.2, 0.25) is 0 Å². The molecule has 0 radical (unpaired) electrons. The Morgan fingerprint density at radius 3 is 2.31 bits per heavy atom. The van der Waals surface area contributed by atoms with Crippen LogP contribution in [0.5, 0.6) is 5.75 Å². The van der Waals surface area contributed by atoms with E-state index in [1.54, 1.807) is 12.4 Å². The zero-order valence-corrected chi connectivity index (χ0v) is 18.4. The van der Waals surface area contributed by atoms with Gasteiger partial charge in [0.15, 0.2) is 0 Å². The van der Waals surface area contributed by atoms with Crippen molar-refractivity contribution in [1.29, 1.82) is 0 Å². The average molecular weight is 434 g/mol. The average Bonchev–Trinajstić information content (AvgIpc) is 2.78. The maximum atomic E-state index is 13.0. The smallest absolute Gasteiger partial charge is 0.226 e. The number of hydrogen-bond donors (Lipinski definition) is 2. The molecule has 0 unspecified atom stereocenters. The molecule has 0 atom stereocenters. The summed E-state index contributed by atoms with van der Waals surface area (Å²) in [6.07, 6.45) is 10.9. The van der Waals surface area contributed by atoms with Gasteiger partial charge in [-0.2, -0.15) is 0 Å². The van der Waals surface area contributed by atoms with Crippen molar-refractivity contribution in [3.8, 4) is 5.75 Å². The maximum Gasteiger partial charge on any atom is 0.226 e. The fourth-order valence-electron chi connectivity index (χ4n) is 6.37. The number of benzene rings is 1. The van der Waals surface area contributed by atoms with Crippen LogP contribution in [0.4, 0.5) is 5.69 Å². The van der Waals surface area contributed by atoms with E-state index in [0.717, 1.165) is 54.0 Å². The van der Waals surface area contributed by atoms with E-state index < -0.39 is 0 Å². The zero-order valence-electron chi connectivity index (χ0n) is 18.4. The van der Waals surface area contributed by atoms with Crippen molar-refractivity contribution in [1.82, 2.24) is 10.3 Å². The highest BCUT2D eigenvalue weighted by molar-refractivity contribution is 5.91. The fraction of sp³-hybridized carbons (Fsp3) is 0.500. The Morgan fingerprint density at radius 1 is 1.00 bits per heavy atom. The number of carbonyl (C=O) groups is 2. The van der Waals surface area contributed by atoms with Crippen molar-refractivity contribution < 1.29 is 14.3 Å². The van der Waals surface area contributed by atoms with Gasteiger partial charge in [-0.25, -0.2) is 0 Å². The Morgan fingerprint density at radius 2 is 1.69 bits per heavy atom. The molecule has 0 aliphatic heterocycles. The molecule has 0 spiro atoms. The molecule has 2 aromatic rings. The first kappa shape index (κ1) is 21.0. The van der Waals surface area contributed by atoms with Gasteiger partial charge in [-0.1, -0.05) is 6.07 Å². The maximum absolute atomic E-state index is 13.0. The lowest BCUT2D eigenvalue weighted by atomic mass is 9.49. The molecular weight excluding hydrogens is 402 g/mol. The Labute approximate surface area is 189 Å². The molecule has 4 saturated carbocycles. The van der Waals surface area contributed by atoms with E-state index >= 15 is 0 Å². The summed E-state index contributed by atoms with van der Waals surface area (Å²) in [6.45, 7) is 0.835. The molecule has 0 saturated heterocycles. The van der Waals surface area contributed by atoms with E-state index in [4.69, 9.17) is 4.74 Å². The predicted molar refractivity (Wildman–Crippen MR) is 122 cm³/mol. The van der Waals surface area contributed by atoms with Gasteiger partial charge in [0.2, 0.25) is 11.8 Å². The van der Waals surface area contributed by atoms with E-state index in [2.05, 4.69) is 15.6 Å². The first-order valence-electron chi connectivity index (χ1n) is 11.8. The molecular formula is C26H31N3O3. The van der Waals surface area contributed by atoms with Crippen LogP contribution in [0, 0.1) is 23.2 Å². The lowest BCUT2D eigenvalue weighted by Crippen LogP contribution is -2.53. The lowest BCUT2D eigenvalue weighted by Gasteiger charge is -2.55. The van der Waals surface area contributed by atoms with Crippen molar-refractivity contribution in [2.75, 3.05) is 11.9 Å². The molecule has 6 heteroatoms. The van der Waals surface area contributed by atoms with Crippen LogP contribution in [0.25, 0.3) is 0 Å². The Balaban J connectivity index is 1.05.